The zero-order chi connectivity index (χ0) is 40.7. The first kappa shape index (κ1) is 42.7. The molecule has 0 aromatic heterocycles. The number of ether oxygens (including phenoxy) is 6. The quantitative estimate of drug-likeness (QED) is 0.0631. The Hall–Kier alpha value is -1.43. The molecule has 3 aliphatic heterocycles. The second-order valence-corrected chi connectivity index (χ2v) is 18.0. The van der Waals surface area contributed by atoms with Gasteiger partial charge in [0, 0.05) is 0 Å². The third-order valence-corrected chi connectivity index (χ3v) is 15.0. The van der Waals surface area contributed by atoms with E-state index in [4.69, 9.17) is 28.4 Å². The predicted molar refractivity (Wildman–Crippen MR) is 186 cm³/mol. The number of fused-ring (bicyclic) bond motifs is 3. The van der Waals surface area contributed by atoms with E-state index in [2.05, 4.69) is 13.5 Å². The Morgan fingerprint density at radius 1 is 0.679 bits per heavy atom. The van der Waals surface area contributed by atoms with Gasteiger partial charge in [0.15, 0.2) is 12.6 Å². The molecule has 1 spiro atoms. The second-order valence-electron chi connectivity index (χ2n) is 18.0. The van der Waals surface area contributed by atoms with Crippen molar-refractivity contribution in [3.63, 3.8) is 0 Å². The van der Waals surface area contributed by atoms with Gasteiger partial charge in [0.25, 0.3) is 0 Å². The summed E-state index contributed by atoms with van der Waals surface area (Å²) in [5.74, 6) is -0.591. The fourth-order valence-corrected chi connectivity index (χ4v) is 12.0. The maximum Gasteiger partial charge on any atom is 0.314 e. The van der Waals surface area contributed by atoms with Crippen molar-refractivity contribution in [2.75, 3.05) is 19.8 Å². The SMILES string of the molecule is C=C1C[C@]23CC[C@@H]4[C@](C)(CCC[C@@]4(C)C(=O)O[C@@H]4O[C@H](CO)[C@@H](O)[C@H](O)[C@H]4O)[C@H]2CC[C@]1(O[C@@H]1O[C@H](CO)[C@@H](O)[C@H](O)[C@H]1O[C@@H]1O[C@H](CO)[C@@H](O)[C@H](O)[C@H]1O)C3. The summed E-state index contributed by atoms with van der Waals surface area (Å²) >= 11 is 0. The fourth-order valence-electron chi connectivity index (χ4n) is 12.0. The van der Waals surface area contributed by atoms with E-state index in [1.54, 1.807) is 0 Å². The van der Waals surface area contributed by atoms with Crippen LogP contribution in [0.1, 0.15) is 71.6 Å². The highest BCUT2D eigenvalue weighted by Gasteiger charge is 2.69. The third-order valence-electron chi connectivity index (χ3n) is 15.0. The van der Waals surface area contributed by atoms with Crippen molar-refractivity contribution >= 4 is 5.97 Å². The van der Waals surface area contributed by atoms with E-state index in [0.717, 1.165) is 18.4 Å². The standard InChI is InChI=1S/C38H60O18/c1-16-11-37-9-5-20-35(2,7-4-8-36(20,3)34(50)55-32-29(49)26(46)23(43)18(13-40)52-32)21(37)6-10-38(16,15-37)56-33-30(27(47)24(44)19(14-41)53-33)54-31-28(48)25(45)22(42)17(12-39)51-31/h17-33,39-49H,1,4-15H2,2-3H3/t17-,18-,19-,20-,21-,22-,23-,24-,25+,26+,27+,28-,29-,30-,31+,32+,33+,35+,36-,37+,38+/m1/s1. The molecule has 11 N–H and O–H groups in total. The second kappa shape index (κ2) is 15.6. The minimum atomic E-state index is -1.81. The number of rotatable bonds is 9. The zero-order valence-corrected chi connectivity index (χ0v) is 31.8. The smallest absolute Gasteiger partial charge is 0.314 e. The number of aliphatic hydroxyl groups is 11. The number of carbonyl (C=O) groups excluding carboxylic acids is 1. The van der Waals surface area contributed by atoms with E-state index in [1.165, 1.54) is 0 Å². The van der Waals surface area contributed by atoms with Crippen molar-refractivity contribution in [2.45, 2.75) is 169 Å². The van der Waals surface area contributed by atoms with Crippen molar-refractivity contribution in [3.8, 4) is 0 Å². The third kappa shape index (κ3) is 6.69. The molecule has 2 bridgehead atoms. The molecule has 3 saturated heterocycles. The summed E-state index contributed by atoms with van der Waals surface area (Å²) in [6, 6.07) is 0. The molecule has 18 nitrogen and oxygen atoms in total. The van der Waals surface area contributed by atoms with Gasteiger partial charge < -0.3 is 84.6 Å². The summed E-state index contributed by atoms with van der Waals surface area (Å²) in [5, 5.41) is 114. The van der Waals surface area contributed by atoms with E-state index in [0.29, 0.717) is 44.9 Å². The van der Waals surface area contributed by atoms with Gasteiger partial charge in [-0.05, 0) is 86.5 Å². The number of carbonyl (C=O) groups is 1. The van der Waals surface area contributed by atoms with Gasteiger partial charge in [0.1, 0.15) is 73.2 Å². The van der Waals surface area contributed by atoms with Crippen LogP contribution in [0.25, 0.3) is 0 Å². The molecule has 7 aliphatic rings. The van der Waals surface area contributed by atoms with Crippen LogP contribution in [-0.4, -0.2) is 180 Å². The first-order valence-electron chi connectivity index (χ1n) is 19.9. The van der Waals surface area contributed by atoms with E-state index in [-0.39, 0.29) is 22.7 Å². The van der Waals surface area contributed by atoms with Crippen LogP contribution in [0.5, 0.6) is 0 Å². The summed E-state index contributed by atoms with van der Waals surface area (Å²) in [6.45, 7) is 6.52. The predicted octanol–water partition coefficient (Wildman–Crippen LogP) is -2.94. The van der Waals surface area contributed by atoms with Gasteiger partial charge in [-0.25, -0.2) is 0 Å². The van der Waals surface area contributed by atoms with Crippen LogP contribution in [0.15, 0.2) is 12.2 Å². The average Bonchev–Trinajstić information content (AvgIpc) is 3.37. The number of hydrogen-bond donors (Lipinski definition) is 11. The summed E-state index contributed by atoms with van der Waals surface area (Å²) in [7, 11) is 0. The fraction of sp³-hybridized carbons (Fsp3) is 0.921. The molecular formula is C38H60O18. The number of hydrogen-bond acceptors (Lipinski definition) is 18. The van der Waals surface area contributed by atoms with E-state index in [9.17, 15) is 61.0 Å². The van der Waals surface area contributed by atoms with Gasteiger partial charge in [0.05, 0.1) is 30.8 Å². The molecule has 0 aromatic rings. The molecule has 21 atom stereocenters. The normalized spacial score (nSPS) is 54.6. The lowest BCUT2D eigenvalue weighted by Gasteiger charge is -2.64. The molecule has 0 radical (unpaired) electrons. The molecule has 7 fully saturated rings. The number of esters is 1. The van der Waals surface area contributed by atoms with Gasteiger partial charge in [0.2, 0.25) is 6.29 Å². The van der Waals surface area contributed by atoms with Gasteiger partial charge in [-0.3, -0.25) is 4.79 Å². The van der Waals surface area contributed by atoms with Crippen LogP contribution < -0.4 is 0 Å². The summed E-state index contributed by atoms with van der Waals surface area (Å²) in [5.41, 5.74) is -1.80. The van der Waals surface area contributed by atoms with Gasteiger partial charge in [-0.2, -0.15) is 0 Å². The van der Waals surface area contributed by atoms with Gasteiger partial charge in [-0.15, -0.1) is 0 Å². The molecule has 0 amide bonds. The Morgan fingerprint density at radius 2 is 1.21 bits per heavy atom. The molecule has 56 heavy (non-hydrogen) atoms. The lowest BCUT2D eigenvalue weighted by atomic mass is 9.41. The molecule has 18 heteroatoms. The average molecular weight is 805 g/mol. The van der Waals surface area contributed by atoms with Gasteiger partial charge in [-0.1, -0.05) is 19.9 Å². The monoisotopic (exact) mass is 804 g/mol. The summed E-state index contributed by atoms with van der Waals surface area (Å²) in [6.07, 6.45) is -17.8. The highest BCUT2D eigenvalue weighted by Crippen LogP contribution is 2.73. The molecule has 0 aromatic carbocycles. The van der Waals surface area contributed by atoms with Crippen molar-refractivity contribution in [1.29, 1.82) is 0 Å². The van der Waals surface area contributed by atoms with Crippen molar-refractivity contribution < 1.29 is 89.4 Å². The lowest BCUT2D eigenvalue weighted by Crippen LogP contribution is -2.65. The van der Waals surface area contributed by atoms with Crippen LogP contribution in [-0.2, 0) is 33.2 Å². The van der Waals surface area contributed by atoms with Crippen LogP contribution in [0.3, 0.4) is 0 Å². The van der Waals surface area contributed by atoms with Crippen molar-refractivity contribution in [3.05, 3.63) is 12.2 Å². The van der Waals surface area contributed by atoms with Gasteiger partial charge >= 0.3 is 5.97 Å². The first-order valence-corrected chi connectivity index (χ1v) is 19.9. The van der Waals surface area contributed by atoms with Crippen LogP contribution in [0.4, 0.5) is 0 Å². The molecule has 4 saturated carbocycles. The minimum absolute atomic E-state index is 0.121. The number of aliphatic hydroxyl groups excluding tert-OH is 11. The topological polar surface area (TPSA) is 295 Å². The highest BCUT2D eigenvalue weighted by molar-refractivity contribution is 5.77. The van der Waals surface area contributed by atoms with Crippen LogP contribution in [0, 0.1) is 28.1 Å². The molecule has 4 aliphatic carbocycles. The first-order chi connectivity index (χ1) is 26.4. The Labute approximate surface area is 324 Å². The van der Waals surface area contributed by atoms with E-state index in [1.807, 2.05) is 6.92 Å². The van der Waals surface area contributed by atoms with Crippen molar-refractivity contribution in [2.24, 2.45) is 28.1 Å². The van der Waals surface area contributed by atoms with Crippen LogP contribution >= 0.6 is 0 Å². The molecule has 0 unspecified atom stereocenters. The Bertz CT molecular complexity index is 1450. The van der Waals surface area contributed by atoms with Crippen LogP contribution in [0.2, 0.25) is 0 Å². The van der Waals surface area contributed by atoms with E-state index < -0.39 is 129 Å². The molecule has 7 rings (SSSR count). The largest absolute Gasteiger partial charge is 0.432 e. The molecule has 3 heterocycles. The lowest BCUT2D eigenvalue weighted by molar-refractivity contribution is -0.378. The summed E-state index contributed by atoms with van der Waals surface area (Å²) < 4.78 is 35.6. The van der Waals surface area contributed by atoms with E-state index >= 15 is 0 Å². The molecular weight excluding hydrogens is 744 g/mol. The Kier molecular flexibility index (Phi) is 11.9. The highest BCUT2D eigenvalue weighted by atomic mass is 16.8. The zero-order valence-electron chi connectivity index (χ0n) is 31.8. The summed E-state index contributed by atoms with van der Waals surface area (Å²) in [4.78, 5) is 14.1. The molecule has 320 valence electrons. The Morgan fingerprint density at radius 3 is 1.82 bits per heavy atom. The maximum atomic E-state index is 14.1. The maximum absolute atomic E-state index is 14.1. The Balaban J connectivity index is 1.10. The minimum Gasteiger partial charge on any atom is -0.432 e. The van der Waals surface area contributed by atoms with Crippen molar-refractivity contribution in [1.82, 2.24) is 0 Å².